The molecule has 0 aromatic carbocycles. The van der Waals surface area contributed by atoms with Crippen LogP contribution in [0.15, 0.2) is 0 Å². The Morgan fingerprint density at radius 3 is 1.29 bits per heavy atom. The lowest BCUT2D eigenvalue weighted by molar-refractivity contribution is 0.0541. The van der Waals surface area contributed by atoms with Crippen molar-refractivity contribution in [3.05, 3.63) is 0 Å². The van der Waals surface area contributed by atoms with E-state index in [0.717, 1.165) is 19.3 Å². The van der Waals surface area contributed by atoms with Crippen molar-refractivity contribution in [1.82, 2.24) is 0 Å². The van der Waals surface area contributed by atoms with Crippen LogP contribution in [0.5, 0.6) is 0 Å². The van der Waals surface area contributed by atoms with Gasteiger partial charge in [-0.05, 0) is 12.8 Å². The van der Waals surface area contributed by atoms with Crippen LogP contribution in [-0.2, 0) is 9.47 Å². The van der Waals surface area contributed by atoms with Gasteiger partial charge in [0.2, 0.25) is 0 Å². The van der Waals surface area contributed by atoms with Crippen LogP contribution in [0.4, 0.5) is 4.79 Å². The minimum atomic E-state index is -0.512. The van der Waals surface area contributed by atoms with Crippen molar-refractivity contribution in [2.45, 2.75) is 117 Å². The van der Waals surface area contributed by atoms with Crippen molar-refractivity contribution >= 4 is 6.16 Å². The van der Waals surface area contributed by atoms with Crippen LogP contribution in [0.25, 0.3) is 0 Å². The van der Waals surface area contributed by atoms with Gasteiger partial charge in [-0.3, -0.25) is 0 Å². The Morgan fingerprint density at radius 2 is 0.875 bits per heavy atom. The molecular formula is C21H42O3. The highest BCUT2D eigenvalue weighted by atomic mass is 16.7. The van der Waals surface area contributed by atoms with Gasteiger partial charge in [0.25, 0.3) is 0 Å². The van der Waals surface area contributed by atoms with Crippen molar-refractivity contribution in [2.75, 3.05) is 13.2 Å². The molecule has 3 nitrogen and oxygen atoms in total. The lowest BCUT2D eigenvalue weighted by atomic mass is 10.0. The van der Waals surface area contributed by atoms with Crippen LogP contribution in [0.2, 0.25) is 0 Å². The Kier molecular flexibility index (Phi) is 19.7. The highest BCUT2D eigenvalue weighted by molar-refractivity contribution is 5.59. The molecule has 0 bridgehead atoms. The quantitative estimate of drug-likeness (QED) is 0.192. The van der Waals surface area contributed by atoms with Gasteiger partial charge in [0, 0.05) is 0 Å². The van der Waals surface area contributed by atoms with Crippen LogP contribution in [0, 0.1) is 0 Å². The van der Waals surface area contributed by atoms with E-state index in [9.17, 15) is 4.79 Å². The number of carbonyl (C=O) groups excluding carboxylic acids is 1. The first kappa shape index (κ1) is 23.3. The van der Waals surface area contributed by atoms with Crippen molar-refractivity contribution in [3.8, 4) is 0 Å². The molecule has 0 rings (SSSR count). The predicted octanol–water partition coefficient (Wildman–Crippen LogP) is 7.42. The monoisotopic (exact) mass is 342 g/mol. The summed E-state index contributed by atoms with van der Waals surface area (Å²) in [6.45, 7) is 5.21. The minimum absolute atomic E-state index is 0.456. The van der Waals surface area contributed by atoms with E-state index in [1.54, 1.807) is 0 Å². The standard InChI is InChI=1S/C21H42O3/c1-3-5-6-7-8-9-10-11-12-13-14-15-16-17-18-20-24-21(22)23-19-4-2/h3-20H2,1-2H3. The predicted molar refractivity (Wildman–Crippen MR) is 103 cm³/mol. The number of hydrogen-bond donors (Lipinski definition) is 0. The van der Waals surface area contributed by atoms with Crippen molar-refractivity contribution in [2.24, 2.45) is 0 Å². The summed E-state index contributed by atoms with van der Waals surface area (Å²) in [5.74, 6) is 0. The Bertz CT molecular complexity index is 253. The molecule has 0 unspecified atom stereocenters. The van der Waals surface area contributed by atoms with Gasteiger partial charge >= 0.3 is 6.16 Å². The molecule has 0 aromatic rings. The Balaban J connectivity index is 3.04. The number of unbranched alkanes of at least 4 members (excludes halogenated alkanes) is 14. The van der Waals surface area contributed by atoms with Crippen molar-refractivity contribution in [3.63, 3.8) is 0 Å². The molecule has 0 heterocycles. The van der Waals surface area contributed by atoms with Crippen LogP contribution in [0.1, 0.15) is 117 Å². The molecule has 0 saturated heterocycles. The number of hydrogen-bond acceptors (Lipinski definition) is 3. The second kappa shape index (κ2) is 20.3. The maximum Gasteiger partial charge on any atom is 0.508 e. The third-order valence-electron chi connectivity index (χ3n) is 4.39. The molecule has 0 aliphatic carbocycles. The maximum atomic E-state index is 11.1. The summed E-state index contributed by atoms with van der Waals surface area (Å²) < 4.78 is 9.85. The fourth-order valence-corrected chi connectivity index (χ4v) is 2.86. The van der Waals surface area contributed by atoms with E-state index in [1.165, 1.54) is 83.5 Å². The van der Waals surface area contributed by atoms with Gasteiger partial charge in [-0.2, -0.15) is 0 Å². The van der Waals surface area contributed by atoms with E-state index in [1.807, 2.05) is 6.92 Å². The van der Waals surface area contributed by atoms with E-state index in [2.05, 4.69) is 6.92 Å². The summed E-state index contributed by atoms with van der Waals surface area (Å²) in [6, 6.07) is 0. The summed E-state index contributed by atoms with van der Waals surface area (Å²) in [7, 11) is 0. The van der Waals surface area contributed by atoms with Gasteiger partial charge < -0.3 is 9.47 Å². The first-order valence-electron chi connectivity index (χ1n) is 10.6. The molecule has 0 radical (unpaired) electrons. The topological polar surface area (TPSA) is 35.5 Å². The second-order valence-electron chi connectivity index (χ2n) is 6.90. The van der Waals surface area contributed by atoms with Gasteiger partial charge in [-0.25, -0.2) is 4.79 Å². The maximum absolute atomic E-state index is 11.1. The van der Waals surface area contributed by atoms with Crippen LogP contribution >= 0.6 is 0 Å². The molecule has 144 valence electrons. The SMILES string of the molecule is CCCCCCCCCCCCCCCCCOC(=O)OCCC. The zero-order valence-electron chi connectivity index (χ0n) is 16.5. The van der Waals surface area contributed by atoms with Crippen LogP contribution in [-0.4, -0.2) is 19.4 Å². The third kappa shape index (κ3) is 19.3. The number of rotatable bonds is 18. The molecular weight excluding hydrogens is 300 g/mol. The first-order valence-corrected chi connectivity index (χ1v) is 10.6. The van der Waals surface area contributed by atoms with Crippen LogP contribution < -0.4 is 0 Å². The molecule has 0 aliphatic rings. The Labute approximate surface area is 150 Å². The van der Waals surface area contributed by atoms with Gasteiger partial charge in [-0.15, -0.1) is 0 Å². The lowest BCUT2D eigenvalue weighted by Crippen LogP contribution is -2.08. The zero-order chi connectivity index (χ0) is 17.7. The summed E-state index contributed by atoms with van der Waals surface area (Å²) in [5, 5.41) is 0. The normalized spacial score (nSPS) is 10.8. The smallest absolute Gasteiger partial charge is 0.434 e. The summed E-state index contributed by atoms with van der Waals surface area (Å²) >= 11 is 0. The number of ether oxygens (including phenoxy) is 2. The van der Waals surface area contributed by atoms with E-state index in [-0.39, 0.29) is 0 Å². The Hall–Kier alpha value is -0.730. The van der Waals surface area contributed by atoms with Crippen molar-refractivity contribution in [1.29, 1.82) is 0 Å². The third-order valence-corrected chi connectivity index (χ3v) is 4.39. The van der Waals surface area contributed by atoms with Gasteiger partial charge in [0.15, 0.2) is 0 Å². The largest absolute Gasteiger partial charge is 0.508 e. The molecule has 0 saturated carbocycles. The highest BCUT2D eigenvalue weighted by Crippen LogP contribution is 2.13. The van der Waals surface area contributed by atoms with Crippen molar-refractivity contribution < 1.29 is 14.3 Å². The molecule has 24 heavy (non-hydrogen) atoms. The van der Waals surface area contributed by atoms with Crippen LogP contribution in [0.3, 0.4) is 0 Å². The minimum Gasteiger partial charge on any atom is -0.434 e. The second-order valence-corrected chi connectivity index (χ2v) is 6.90. The first-order chi connectivity index (χ1) is 11.8. The van der Waals surface area contributed by atoms with E-state index in [4.69, 9.17) is 9.47 Å². The lowest BCUT2D eigenvalue weighted by Gasteiger charge is -2.05. The fraction of sp³-hybridized carbons (Fsp3) is 0.952. The molecule has 0 amide bonds. The van der Waals surface area contributed by atoms with Gasteiger partial charge in [0.05, 0.1) is 13.2 Å². The molecule has 0 N–H and O–H groups in total. The van der Waals surface area contributed by atoms with E-state index in [0.29, 0.717) is 13.2 Å². The molecule has 0 atom stereocenters. The average molecular weight is 343 g/mol. The summed E-state index contributed by atoms with van der Waals surface area (Å²) in [5.41, 5.74) is 0. The molecule has 3 heteroatoms. The van der Waals surface area contributed by atoms with E-state index < -0.39 is 6.16 Å². The molecule has 0 aromatic heterocycles. The van der Waals surface area contributed by atoms with Gasteiger partial charge in [0.1, 0.15) is 0 Å². The molecule has 0 fully saturated rings. The highest BCUT2D eigenvalue weighted by Gasteiger charge is 2.01. The summed E-state index contributed by atoms with van der Waals surface area (Å²) in [6.07, 6.45) is 20.5. The van der Waals surface area contributed by atoms with E-state index >= 15 is 0 Å². The van der Waals surface area contributed by atoms with Gasteiger partial charge in [-0.1, -0.05) is 104 Å². The molecule has 0 aliphatic heterocycles. The average Bonchev–Trinajstić information content (AvgIpc) is 2.59. The number of carbonyl (C=O) groups is 1. The Morgan fingerprint density at radius 1 is 0.500 bits per heavy atom. The summed E-state index contributed by atoms with van der Waals surface area (Å²) in [4.78, 5) is 11.1. The molecule has 0 spiro atoms. The zero-order valence-corrected chi connectivity index (χ0v) is 16.5. The fourth-order valence-electron chi connectivity index (χ4n) is 2.86.